The molecule has 0 radical (unpaired) electrons. The molecule has 94 valence electrons. The van der Waals surface area contributed by atoms with Gasteiger partial charge in [-0.2, -0.15) is 5.48 Å². The van der Waals surface area contributed by atoms with Crippen LogP contribution in [0.2, 0.25) is 10.0 Å². The monoisotopic (exact) mass is 281 g/mol. The smallest absolute Gasteiger partial charge is 0.0933 e. The molecular formula is C14H13Cl2NO. The van der Waals surface area contributed by atoms with Crippen molar-refractivity contribution < 1.29 is 4.84 Å². The Morgan fingerprint density at radius 2 is 1.28 bits per heavy atom. The lowest BCUT2D eigenvalue weighted by atomic mass is 10.2. The van der Waals surface area contributed by atoms with E-state index in [-0.39, 0.29) is 0 Å². The Labute approximate surface area is 116 Å². The maximum Gasteiger partial charge on any atom is 0.0933 e. The summed E-state index contributed by atoms with van der Waals surface area (Å²) in [4.78, 5) is 5.37. The van der Waals surface area contributed by atoms with Crippen LogP contribution in [0.5, 0.6) is 0 Å². The van der Waals surface area contributed by atoms with Crippen molar-refractivity contribution in [3.05, 3.63) is 69.7 Å². The molecule has 0 saturated carbocycles. The second kappa shape index (κ2) is 6.76. The first-order chi connectivity index (χ1) is 8.74. The number of rotatable bonds is 5. The Kier molecular flexibility index (Phi) is 5.02. The van der Waals surface area contributed by atoms with Gasteiger partial charge in [0.25, 0.3) is 0 Å². The number of hydrogen-bond acceptors (Lipinski definition) is 2. The molecule has 2 aromatic carbocycles. The highest BCUT2D eigenvalue weighted by Crippen LogP contribution is 2.11. The fourth-order valence-electron chi connectivity index (χ4n) is 1.45. The lowest BCUT2D eigenvalue weighted by Crippen LogP contribution is -2.13. The van der Waals surface area contributed by atoms with E-state index in [0.29, 0.717) is 13.2 Å². The molecule has 18 heavy (non-hydrogen) atoms. The zero-order chi connectivity index (χ0) is 12.8. The normalized spacial score (nSPS) is 10.6. The molecule has 0 aliphatic rings. The molecule has 0 bridgehead atoms. The van der Waals surface area contributed by atoms with E-state index in [0.717, 1.165) is 21.2 Å². The van der Waals surface area contributed by atoms with Crippen molar-refractivity contribution in [3.8, 4) is 0 Å². The van der Waals surface area contributed by atoms with Crippen LogP contribution in [-0.2, 0) is 18.0 Å². The summed E-state index contributed by atoms with van der Waals surface area (Å²) in [6, 6.07) is 15.2. The first-order valence-corrected chi connectivity index (χ1v) is 6.33. The Bertz CT molecular complexity index is 435. The van der Waals surface area contributed by atoms with Crippen molar-refractivity contribution in [2.75, 3.05) is 0 Å². The minimum atomic E-state index is 0.505. The molecule has 0 unspecified atom stereocenters. The van der Waals surface area contributed by atoms with Gasteiger partial charge in [0.2, 0.25) is 0 Å². The van der Waals surface area contributed by atoms with E-state index >= 15 is 0 Å². The van der Waals surface area contributed by atoms with Crippen LogP contribution in [0.25, 0.3) is 0 Å². The Morgan fingerprint density at radius 1 is 0.778 bits per heavy atom. The van der Waals surface area contributed by atoms with Crippen LogP contribution in [0.4, 0.5) is 0 Å². The molecule has 0 spiro atoms. The minimum Gasteiger partial charge on any atom is -0.297 e. The van der Waals surface area contributed by atoms with Crippen molar-refractivity contribution in [1.29, 1.82) is 0 Å². The molecule has 0 saturated heterocycles. The largest absolute Gasteiger partial charge is 0.297 e. The Balaban J connectivity index is 1.73. The zero-order valence-electron chi connectivity index (χ0n) is 9.70. The molecule has 0 atom stereocenters. The third-order valence-electron chi connectivity index (χ3n) is 2.44. The molecule has 0 fully saturated rings. The molecule has 2 rings (SSSR count). The van der Waals surface area contributed by atoms with Crippen LogP contribution in [0.15, 0.2) is 48.5 Å². The first-order valence-electron chi connectivity index (χ1n) is 5.57. The van der Waals surface area contributed by atoms with Crippen LogP contribution >= 0.6 is 23.2 Å². The zero-order valence-corrected chi connectivity index (χ0v) is 11.2. The second-order valence-electron chi connectivity index (χ2n) is 3.86. The highest BCUT2D eigenvalue weighted by Gasteiger charge is 1.95. The van der Waals surface area contributed by atoms with E-state index in [2.05, 4.69) is 5.48 Å². The van der Waals surface area contributed by atoms with Crippen LogP contribution in [-0.4, -0.2) is 0 Å². The molecule has 0 aromatic heterocycles. The SMILES string of the molecule is Clc1ccc(CNOCc2ccc(Cl)cc2)cc1. The number of nitrogens with one attached hydrogen (secondary N) is 1. The van der Waals surface area contributed by atoms with Gasteiger partial charge >= 0.3 is 0 Å². The standard InChI is InChI=1S/C14H13Cl2NO/c15-13-5-1-11(2-6-13)9-17-18-10-12-3-7-14(16)8-4-12/h1-8,17H,9-10H2. The molecule has 0 amide bonds. The average Bonchev–Trinajstić information content (AvgIpc) is 2.39. The predicted octanol–water partition coefficient (Wildman–Crippen LogP) is 4.21. The third kappa shape index (κ3) is 4.31. The summed E-state index contributed by atoms with van der Waals surface area (Å²) in [5.74, 6) is 0. The van der Waals surface area contributed by atoms with Crippen molar-refractivity contribution in [1.82, 2.24) is 5.48 Å². The third-order valence-corrected chi connectivity index (χ3v) is 2.95. The van der Waals surface area contributed by atoms with Gasteiger partial charge in [-0.15, -0.1) is 0 Å². The van der Waals surface area contributed by atoms with E-state index in [9.17, 15) is 0 Å². The van der Waals surface area contributed by atoms with Gasteiger partial charge in [-0.25, -0.2) is 0 Å². The van der Waals surface area contributed by atoms with E-state index in [4.69, 9.17) is 28.0 Å². The van der Waals surface area contributed by atoms with Crippen LogP contribution in [0, 0.1) is 0 Å². The van der Waals surface area contributed by atoms with Gasteiger partial charge in [0.1, 0.15) is 0 Å². The summed E-state index contributed by atoms with van der Waals surface area (Å²) in [6.45, 7) is 1.15. The topological polar surface area (TPSA) is 21.3 Å². The van der Waals surface area contributed by atoms with Crippen molar-refractivity contribution in [2.24, 2.45) is 0 Å². The Morgan fingerprint density at radius 3 is 1.83 bits per heavy atom. The predicted molar refractivity (Wildman–Crippen MR) is 74.5 cm³/mol. The lowest BCUT2D eigenvalue weighted by Gasteiger charge is -2.06. The van der Waals surface area contributed by atoms with E-state index < -0.39 is 0 Å². The highest BCUT2D eigenvalue weighted by atomic mass is 35.5. The summed E-state index contributed by atoms with van der Waals surface area (Å²) in [5, 5.41) is 1.47. The van der Waals surface area contributed by atoms with Gasteiger partial charge < -0.3 is 0 Å². The summed E-state index contributed by atoms with van der Waals surface area (Å²) < 4.78 is 0. The fraction of sp³-hybridized carbons (Fsp3) is 0.143. The van der Waals surface area contributed by atoms with Gasteiger partial charge in [0.05, 0.1) is 6.61 Å². The molecule has 4 heteroatoms. The van der Waals surface area contributed by atoms with Gasteiger partial charge in [-0.05, 0) is 35.4 Å². The summed E-state index contributed by atoms with van der Waals surface area (Å²) in [7, 11) is 0. The molecule has 0 aliphatic carbocycles. The fourth-order valence-corrected chi connectivity index (χ4v) is 1.70. The van der Waals surface area contributed by atoms with Crippen molar-refractivity contribution >= 4 is 23.2 Å². The van der Waals surface area contributed by atoms with Crippen LogP contribution < -0.4 is 5.48 Å². The lowest BCUT2D eigenvalue weighted by molar-refractivity contribution is 0.0235. The Hall–Kier alpha value is -1.06. The molecule has 1 N–H and O–H groups in total. The van der Waals surface area contributed by atoms with E-state index in [1.54, 1.807) is 0 Å². The molecule has 0 aliphatic heterocycles. The van der Waals surface area contributed by atoms with Crippen molar-refractivity contribution in [2.45, 2.75) is 13.2 Å². The molecule has 2 aromatic rings. The highest BCUT2D eigenvalue weighted by molar-refractivity contribution is 6.30. The van der Waals surface area contributed by atoms with Gasteiger partial charge in [0, 0.05) is 16.6 Å². The van der Waals surface area contributed by atoms with Gasteiger partial charge in [0.15, 0.2) is 0 Å². The molecule has 0 heterocycles. The van der Waals surface area contributed by atoms with Crippen LogP contribution in [0.1, 0.15) is 11.1 Å². The summed E-state index contributed by atoms with van der Waals surface area (Å²) in [6.07, 6.45) is 0. The van der Waals surface area contributed by atoms with E-state index in [1.165, 1.54) is 0 Å². The second-order valence-corrected chi connectivity index (χ2v) is 4.74. The average molecular weight is 282 g/mol. The van der Waals surface area contributed by atoms with Crippen LogP contribution in [0.3, 0.4) is 0 Å². The quantitative estimate of drug-likeness (QED) is 0.655. The first kappa shape index (κ1) is 13.4. The molecule has 2 nitrogen and oxygen atoms in total. The number of hydrogen-bond donors (Lipinski definition) is 1. The minimum absolute atomic E-state index is 0.505. The van der Waals surface area contributed by atoms with E-state index in [1.807, 2.05) is 48.5 Å². The van der Waals surface area contributed by atoms with Crippen molar-refractivity contribution in [3.63, 3.8) is 0 Å². The maximum atomic E-state index is 5.80. The number of halogens is 2. The summed E-state index contributed by atoms with van der Waals surface area (Å²) in [5.41, 5.74) is 5.10. The maximum absolute atomic E-state index is 5.80. The molecular weight excluding hydrogens is 269 g/mol. The summed E-state index contributed by atoms with van der Waals surface area (Å²) >= 11 is 11.6. The van der Waals surface area contributed by atoms with Gasteiger partial charge in [-0.1, -0.05) is 47.5 Å². The van der Waals surface area contributed by atoms with Gasteiger partial charge in [-0.3, -0.25) is 4.84 Å². The number of benzene rings is 2. The number of hydroxylamine groups is 1.